The third kappa shape index (κ3) is 2.08. The third-order valence-electron chi connectivity index (χ3n) is 1.54. The van der Waals surface area contributed by atoms with E-state index < -0.39 is 11.9 Å². The average Bonchev–Trinajstić information content (AvgIpc) is 2.02. The molecule has 1 heterocycles. The molecule has 0 atom stereocenters. The van der Waals surface area contributed by atoms with Crippen LogP contribution in [0.4, 0.5) is 13.2 Å². The van der Waals surface area contributed by atoms with E-state index in [4.69, 9.17) is 0 Å². The quantitative estimate of drug-likeness (QED) is 0.463. The van der Waals surface area contributed by atoms with Gasteiger partial charge in [0.25, 0.3) is 0 Å². The number of hydrogen-bond acceptors (Lipinski definition) is 2. The summed E-state index contributed by atoms with van der Waals surface area (Å²) in [6.45, 7) is 0. The molecule has 0 saturated carbocycles. The van der Waals surface area contributed by atoms with Crippen LogP contribution in [0.1, 0.15) is 16.1 Å². The highest BCUT2D eigenvalue weighted by Gasteiger charge is 2.32. The van der Waals surface area contributed by atoms with Crippen LogP contribution in [0.2, 0.25) is 0 Å². The second-order valence-corrected chi connectivity index (χ2v) is 2.49. The maximum absolute atomic E-state index is 12.1. The first-order chi connectivity index (χ1) is 5.95. The second kappa shape index (κ2) is 3.20. The topological polar surface area (TPSA) is 30.0 Å². The van der Waals surface area contributed by atoms with Gasteiger partial charge in [0.2, 0.25) is 0 Å². The van der Waals surface area contributed by atoms with E-state index in [1.54, 1.807) is 0 Å². The molecule has 0 radical (unpaired) electrons. The van der Waals surface area contributed by atoms with Crippen molar-refractivity contribution < 1.29 is 18.0 Å². The van der Waals surface area contributed by atoms with E-state index in [-0.39, 0.29) is 11.2 Å². The van der Waals surface area contributed by atoms with Crippen LogP contribution in [0.3, 0.4) is 0 Å². The largest absolute Gasteiger partial charge is 0.433 e. The van der Waals surface area contributed by atoms with Gasteiger partial charge in [0.1, 0.15) is 5.69 Å². The number of nitrogens with zero attached hydrogens (tertiary/aromatic N) is 1. The first-order valence-corrected chi connectivity index (χ1v) is 3.45. The van der Waals surface area contributed by atoms with E-state index in [2.05, 4.69) is 4.98 Å². The minimum atomic E-state index is -4.45. The van der Waals surface area contributed by atoms with Crippen LogP contribution in [-0.2, 0) is 6.18 Å². The Morgan fingerprint density at radius 2 is 2.00 bits per heavy atom. The number of pyridine rings is 1. The highest BCUT2D eigenvalue weighted by Crippen LogP contribution is 2.26. The van der Waals surface area contributed by atoms with Gasteiger partial charge in [-0.2, -0.15) is 13.2 Å². The highest BCUT2D eigenvalue weighted by atomic mass is 19.4. The SMILES string of the molecule is Bc1nc(C(F)(F)F)ccc1C=O. The Morgan fingerprint density at radius 1 is 1.38 bits per heavy atom. The first-order valence-electron chi connectivity index (χ1n) is 3.45. The first kappa shape index (κ1) is 9.76. The van der Waals surface area contributed by atoms with E-state index in [1.807, 2.05) is 0 Å². The van der Waals surface area contributed by atoms with Crippen molar-refractivity contribution in [3.05, 3.63) is 23.4 Å². The molecular formula is C7H5BF3NO. The van der Waals surface area contributed by atoms with E-state index in [0.717, 1.165) is 12.1 Å². The number of carbonyl (C=O) groups is 1. The van der Waals surface area contributed by atoms with Crippen molar-refractivity contribution in [1.82, 2.24) is 4.98 Å². The molecule has 0 aliphatic carbocycles. The zero-order valence-corrected chi connectivity index (χ0v) is 6.72. The summed E-state index contributed by atoms with van der Waals surface area (Å²) in [4.78, 5) is 13.5. The molecule has 0 aromatic carbocycles. The van der Waals surface area contributed by atoms with Gasteiger partial charge in [0.15, 0.2) is 14.1 Å². The Bertz CT molecular complexity index is 337. The molecule has 6 heteroatoms. The number of carbonyl (C=O) groups excluding carboxylic acids is 1. The fourth-order valence-electron chi connectivity index (χ4n) is 0.854. The summed E-state index contributed by atoms with van der Waals surface area (Å²) in [5, 5.41) is 0. The molecule has 0 aliphatic heterocycles. The summed E-state index contributed by atoms with van der Waals surface area (Å²) < 4.78 is 36.2. The summed E-state index contributed by atoms with van der Waals surface area (Å²) in [7, 11) is 1.36. The van der Waals surface area contributed by atoms with Crippen LogP contribution in [0.5, 0.6) is 0 Å². The summed E-state index contributed by atoms with van der Waals surface area (Å²) in [6, 6.07) is 1.90. The molecule has 0 N–H and O–H groups in total. The maximum atomic E-state index is 12.1. The molecule has 2 nitrogen and oxygen atoms in total. The van der Waals surface area contributed by atoms with Gasteiger partial charge in [-0.25, -0.2) is 0 Å². The lowest BCUT2D eigenvalue weighted by Gasteiger charge is -2.06. The van der Waals surface area contributed by atoms with Crippen LogP contribution in [0.25, 0.3) is 0 Å². The molecule has 0 unspecified atom stereocenters. The van der Waals surface area contributed by atoms with E-state index in [9.17, 15) is 18.0 Å². The molecule has 1 aromatic heterocycles. The summed E-state index contributed by atoms with van der Waals surface area (Å²) in [5.41, 5.74) is -0.714. The monoisotopic (exact) mass is 187 g/mol. The molecule has 0 aliphatic rings. The number of rotatable bonds is 1. The molecule has 1 aromatic rings. The fourth-order valence-corrected chi connectivity index (χ4v) is 0.854. The molecule has 0 bridgehead atoms. The van der Waals surface area contributed by atoms with Gasteiger partial charge in [-0.05, 0) is 12.1 Å². The number of alkyl halides is 3. The maximum Gasteiger partial charge on any atom is 0.433 e. The molecule has 1 rings (SSSR count). The number of hydrogen-bond donors (Lipinski definition) is 0. The van der Waals surface area contributed by atoms with Crippen molar-refractivity contribution in [1.29, 1.82) is 0 Å². The van der Waals surface area contributed by atoms with Gasteiger partial charge in [-0.15, -0.1) is 0 Å². The highest BCUT2D eigenvalue weighted by molar-refractivity contribution is 6.33. The second-order valence-electron chi connectivity index (χ2n) is 2.49. The van der Waals surface area contributed by atoms with Crippen LogP contribution in [0, 0.1) is 0 Å². The standard InChI is InChI=1S/C7H5BF3NO/c8-6-4(3-13)1-2-5(12-6)7(9,10)11/h1-3H,8H2. The van der Waals surface area contributed by atoms with Crippen molar-refractivity contribution >= 4 is 19.7 Å². The van der Waals surface area contributed by atoms with Crippen LogP contribution in [0.15, 0.2) is 12.1 Å². The van der Waals surface area contributed by atoms with Gasteiger partial charge >= 0.3 is 6.18 Å². The van der Waals surface area contributed by atoms with Crippen LogP contribution in [-0.4, -0.2) is 19.1 Å². The van der Waals surface area contributed by atoms with Crippen molar-refractivity contribution in [3.8, 4) is 0 Å². The number of aldehydes is 1. The van der Waals surface area contributed by atoms with E-state index >= 15 is 0 Å². The molecule has 68 valence electrons. The zero-order chi connectivity index (χ0) is 10.1. The Morgan fingerprint density at radius 3 is 2.38 bits per heavy atom. The minimum Gasteiger partial charge on any atom is -0.298 e. The van der Waals surface area contributed by atoms with Gasteiger partial charge in [-0.1, -0.05) is 0 Å². The summed E-state index contributed by atoms with van der Waals surface area (Å²) in [5.74, 6) is 0. The zero-order valence-electron chi connectivity index (χ0n) is 6.72. The smallest absolute Gasteiger partial charge is 0.298 e. The van der Waals surface area contributed by atoms with Gasteiger partial charge in [0.05, 0.1) is 0 Å². The normalized spacial score (nSPS) is 11.3. The lowest BCUT2D eigenvalue weighted by molar-refractivity contribution is -0.141. The third-order valence-corrected chi connectivity index (χ3v) is 1.54. The van der Waals surface area contributed by atoms with Crippen LogP contribution >= 0.6 is 0 Å². The Hall–Kier alpha value is -1.33. The Balaban J connectivity index is 3.17. The average molecular weight is 187 g/mol. The van der Waals surface area contributed by atoms with Crippen molar-refractivity contribution in [2.75, 3.05) is 0 Å². The molecule has 0 amide bonds. The van der Waals surface area contributed by atoms with Crippen LogP contribution < -0.4 is 5.59 Å². The Kier molecular flexibility index (Phi) is 2.40. The van der Waals surface area contributed by atoms with E-state index in [1.165, 1.54) is 7.85 Å². The molecular weight excluding hydrogens is 182 g/mol. The minimum absolute atomic E-state index is 0.0878. The van der Waals surface area contributed by atoms with Crippen molar-refractivity contribution in [3.63, 3.8) is 0 Å². The van der Waals surface area contributed by atoms with E-state index in [0.29, 0.717) is 6.29 Å². The number of halogens is 3. The summed E-state index contributed by atoms with van der Waals surface area (Å²) in [6.07, 6.45) is -3.98. The van der Waals surface area contributed by atoms with Crippen molar-refractivity contribution in [2.24, 2.45) is 0 Å². The molecule has 0 saturated heterocycles. The predicted molar refractivity (Wildman–Crippen MR) is 42.8 cm³/mol. The lowest BCUT2D eigenvalue weighted by Crippen LogP contribution is -2.20. The fraction of sp³-hybridized carbons (Fsp3) is 0.143. The molecule has 13 heavy (non-hydrogen) atoms. The van der Waals surface area contributed by atoms with Crippen molar-refractivity contribution in [2.45, 2.75) is 6.18 Å². The summed E-state index contributed by atoms with van der Waals surface area (Å²) >= 11 is 0. The van der Waals surface area contributed by atoms with Gasteiger partial charge in [0, 0.05) is 11.2 Å². The van der Waals surface area contributed by atoms with Gasteiger partial charge in [-0.3, -0.25) is 9.78 Å². The lowest BCUT2D eigenvalue weighted by atomic mass is 9.98. The Labute approximate surface area is 73.2 Å². The van der Waals surface area contributed by atoms with Gasteiger partial charge < -0.3 is 0 Å². The number of aromatic nitrogens is 1. The molecule has 0 fully saturated rings. The predicted octanol–water partition coefficient (Wildman–Crippen LogP) is 0.171. The molecule has 0 spiro atoms.